The van der Waals surface area contributed by atoms with Gasteiger partial charge in [-0.3, -0.25) is 0 Å². The molecule has 0 radical (unpaired) electrons. The smallest absolute Gasteiger partial charge is 0.00778 e. The highest BCUT2D eigenvalue weighted by Gasteiger charge is 2.23. The number of hydrogen-bond donors (Lipinski definition) is 1. The number of nitrogens with one attached hydrogen (secondary N) is 1. The van der Waals surface area contributed by atoms with Crippen LogP contribution in [0.1, 0.15) is 40.0 Å². The van der Waals surface area contributed by atoms with Crippen LogP contribution in [0.3, 0.4) is 0 Å². The van der Waals surface area contributed by atoms with Gasteiger partial charge in [0.15, 0.2) is 0 Å². The van der Waals surface area contributed by atoms with Crippen molar-refractivity contribution in [1.82, 2.24) is 5.32 Å². The van der Waals surface area contributed by atoms with Crippen LogP contribution in [0.2, 0.25) is 0 Å². The third kappa shape index (κ3) is 4.37. The molecule has 1 nitrogen and oxygen atoms in total. The lowest BCUT2D eigenvalue weighted by Gasteiger charge is -2.12. The van der Waals surface area contributed by atoms with Crippen LogP contribution in [0, 0.1) is 5.92 Å². The van der Waals surface area contributed by atoms with Crippen LogP contribution >= 0.6 is 11.8 Å². The molecule has 1 aliphatic rings. The van der Waals surface area contributed by atoms with Crippen molar-refractivity contribution in [3.05, 3.63) is 0 Å². The SMILES string of the molecule is CCNC1CCC(SCC(C)C)C1. The first-order chi connectivity index (χ1) is 6.22. The van der Waals surface area contributed by atoms with Crippen molar-refractivity contribution in [3.63, 3.8) is 0 Å². The van der Waals surface area contributed by atoms with Gasteiger partial charge in [-0.05, 0) is 37.5 Å². The molecule has 1 saturated carbocycles. The Bertz CT molecular complexity index is 136. The van der Waals surface area contributed by atoms with Gasteiger partial charge in [-0.25, -0.2) is 0 Å². The zero-order chi connectivity index (χ0) is 9.68. The molecule has 1 rings (SSSR count). The van der Waals surface area contributed by atoms with E-state index in [1.807, 2.05) is 0 Å². The summed E-state index contributed by atoms with van der Waals surface area (Å²) in [6, 6.07) is 0.815. The van der Waals surface area contributed by atoms with Crippen LogP contribution in [-0.2, 0) is 0 Å². The van der Waals surface area contributed by atoms with E-state index in [0.717, 1.165) is 23.8 Å². The Hall–Kier alpha value is 0.310. The Morgan fingerprint density at radius 2 is 2.15 bits per heavy atom. The first-order valence-electron chi connectivity index (χ1n) is 5.57. The van der Waals surface area contributed by atoms with E-state index in [1.54, 1.807) is 0 Å². The van der Waals surface area contributed by atoms with E-state index in [4.69, 9.17) is 0 Å². The summed E-state index contributed by atoms with van der Waals surface area (Å²) in [4.78, 5) is 0. The molecule has 2 heteroatoms. The molecular weight excluding hydrogens is 178 g/mol. The molecular formula is C11H23NS. The first kappa shape index (κ1) is 11.4. The topological polar surface area (TPSA) is 12.0 Å². The third-order valence-corrected chi connectivity index (χ3v) is 4.30. The summed E-state index contributed by atoms with van der Waals surface area (Å²) in [6.07, 6.45) is 4.21. The molecule has 0 saturated heterocycles. The second-order valence-corrected chi connectivity index (χ2v) is 5.75. The number of hydrogen-bond acceptors (Lipinski definition) is 2. The molecule has 1 fully saturated rings. The van der Waals surface area contributed by atoms with E-state index in [0.29, 0.717) is 0 Å². The second kappa shape index (κ2) is 5.92. The van der Waals surface area contributed by atoms with Crippen LogP contribution in [0.25, 0.3) is 0 Å². The summed E-state index contributed by atoms with van der Waals surface area (Å²) in [5.41, 5.74) is 0. The quantitative estimate of drug-likeness (QED) is 0.734. The Balaban J connectivity index is 2.10. The zero-order valence-corrected chi connectivity index (χ0v) is 9.99. The van der Waals surface area contributed by atoms with Gasteiger partial charge in [-0.15, -0.1) is 0 Å². The highest BCUT2D eigenvalue weighted by molar-refractivity contribution is 7.99. The highest BCUT2D eigenvalue weighted by atomic mass is 32.2. The second-order valence-electron chi connectivity index (χ2n) is 4.42. The monoisotopic (exact) mass is 201 g/mol. The predicted molar refractivity (Wildman–Crippen MR) is 62.4 cm³/mol. The molecule has 2 unspecified atom stereocenters. The molecule has 0 aliphatic heterocycles. The summed E-state index contributed by atoms with van der Waals surface area (Å²) in [6.45, 7) is 7.95. The fraction of sp³-hybridized carbons (Fsp3) is 1.00. The van der Waals surface area contributed by atoms with Crippen molar-refractivity contribution in [2.75, 3.05) is 12.3 Å². The van der Waals surface area contributed by atoms with Crippen LogP contribution in [-0.4, -0.2) is 23.6 Å². The molecule has 13 heavy (non-hydrogen) atoms. The van der Waals surface area contributed by atoms with E-state index < -0.39 is 0 Å². The van der Waals surface area contributed by atoms with Gasteiger partial charge in [0.2, 0.25) is 0 Å². The average Bonchev–Trinajstić information content (AvgIpc) is 2.50. The normalized spacial score (nSPS) is 28.6. The Morgan fingerprint density at radius 1 is 1.38 bits per heavy atom. The first-order valence-corrected chi connectivity index (χ1v) is 6.62. The standard InChI is InChI=1S/C11H23NS/c1-4-12-10-5-6-11(7-10)13-8-9(2)3/h9-12H,4-8H2,1-3H3. The van der Waals surface area contributed by atoms with Gasteiger partial charge in [0.25, 0.3) is 0 Å². The lowest BCUT2D eigenvalue weighted by molar-refractivity contribution is 0.543. The maximum atomic E-state index is 3.55. The van der Waals surface area contributed by atoms with Gasteiger partial charge < -0.3 is 5.32 Å². The van der Waals surface area contributed by atoms with Crippen LogP contribution < -0.4 is 5.32 Å². The maximum absolute atomic E-state index is 3.55. The highest BCUT2D eigenvalue weighted by Crippen LogP contribution is 2.30. The Labute approximate surface area is 87.1 Å². The van der Waals surface area contributed by atoms with Crippen molar-refractivity contribution < 1.29 is 0 Å². The average molecular weight is 201 g/mol. The molecule has 0 aromatic rings. The molecule has 0 aromatic heterocycles. The molecule has 78 valence electrons. The summed E-state index contributed by atoms with van der Waals surface area (Å²) < 4.78 is 0. The van der Waals surface area contributed by atoms with Gasteiger partial charge in [-0.1, -0.05) is 20.8 Å². The lowest BCUT2D eigenvalue weighted by atomic mass is 10.2. The van der Waals surface area contributed by atoms with E-state index >= 15 is 0 Å². The van der Waals surface area contributed by atoms with E-state index in [2.05, 4.69) is 37.8 Å². The Morgan fingerprint density at radius 3 is 2.77 bits per heavy atom. The van der Waals surface area contributed by atoms with Crippen LogP contribution in [0.5, 0.6) is 0 Å². The maximum Gasteiger partial charge on any atom is 0.00778 e. The number of thioether (sulfide) groups is 1. The van der Waals surface area contributed by atoms with Gasteiger partial charge in [0.05, 0.1) is 0 Å². The van der Waals surface area contributed by atoms with Crippen molar-refractivity contribution in [2.45, 2.75) is 51.3 Å². The van der Waals surface area contributed by atoms with Crippen molar-refractivity contribution in [2.24, 2.45) is 5.92 Å². The molecule has 0 amide bonds. The van der Waals surface area contributed by atoms with Gasteiger partial charge in [-0.2, -0.15) is 11.8 Å². The number of rotatable bonds is 5. The van der Waals surface area contributed by atoms with E-state index in [9.17, 15) is 0 Å². The predicted octanol–water partition coefficient (Wildman–Crippen LogP) is 2.91. The molecule has 2 atom stereocenters. The fourth-order valence-electron chi connectivity index (χ4n) is 1.89. The van der Waals surface area contributed by atoms with E-state index in [-0.39, 0.29) is 0 Å². The van der Waals surface area contributed by atoms with Crippen molar-refractivity contribution >= 4 is 11.8 Å². The minimum atomic E-state index is 0.815. The zero-order valence-electron chi connectivity index (χ0n) is 9.18. The molecule has 0 spiro atoms. The summed E-state index contributed by atoms with van der Waals surface area (Å²) in [5, 5.41) is 4.49. The summed E-state index contributed by atoms with van der Waals surface area (Å²) in [5.74, 6) is 2.19. The van der Waals surface area contributed by atoms with Crippen LogP contribution in [0.4, 0.5) is 0 Å². The minimum Gasteiger partial charge on any atom is -0.314 e. The van der Waals surface area contributed by atoms with Crippen LogP contribution in [0.15, 0.2) is 0 Å². The minimum absolute atomic E-state index is 0.815. The lowest BCUT2D eigenvalue weighted by Crippen LogP contribution is -2.26. The van der Waals surface area contributed by atoms with Gasteiger partial charge in [0.1, 0.15) is 0 Å². The summed E-state index contributed by atoms with van der Waals surface area (Å²) in [7, 11) is 0. The molecule has 1 N–H and O–H groups in total. The summed E-state index contributed by atoms with van der Waals surface area (Å²) >= 11 is 2.18. The third-order valence-electron chi connectivity index (χ3n) is 2.54. The largest absolute Gasteiger partial charge is 0.314 e. The molecule has 0 heterocycles. The van der Waals surface area contributed by atoms with Gasteiger partial charge >= 0.3 is 0 Å². The van der Waals surface area contributed by atoms with Crippen molar-refractivity contribution in [1.29, 1.82) is 0 Å². The fourth-order valence-corrected chi connectivity index (χ4v) is 3.22. The van der Waals surface area contributed by atoms with Crippen molar-refractivity contribution in [3.8, 4) is 0 Å². The van der Waals surface area contributed by atoms with E-state index in [1.165, 1.54) is 25.0 Å². The van der Waals surface area contributed by atoms with Gasteiger partial charge in [0, 0.05) is 11.3 Å². The molecule has 0 aromatic carbocycles. The Kier molecular flexibility index (Phi) is 5.18. The molecule has 0 bridgehead atoms. The molecule has 1 aliphatic carbocycles.